The lowest BCUT2D eigenvalue weighted by Crippen LogP contribution is -2.07. The van der Waals surface area contributed by atoms with Crippen LogP contribution in [0.1, 0.15) is 25.1 Å². The first-order valence-electron chi connectivity index (χ1n) is 7.65. The topological polar surface area (TPSA) is 73.7 Å². The van der Waals surface area contributed by atoms with Gasteiger partial charge < -0.3 is 19.2 Å². The highest BCUT2D eigenvalue weighted by Crippen LogP contribution is 2.35. The Kier molecular flexibility index (Phi) is 5.14. The Morgan fingerprint density at radius 2 is 2.30 bits per heavy atom. The van der Waals surface area contributed by atoms with E-state index in [4.69, 9.17) is 14.1 Å². The van der Waals surface area contributed by atoms with Gasteiger partial charge >= 0.3 is 7.12 Å². The molecule has 122 valence electrons. The number of rotatable bonds is 6. The molecule has 1 aliphatic rings. The molecule has 1 aliphatic heterocycles. The Labute approximate surface area is 139 Å². The lowest BCUT2D eigenvalue weighted by atomic mass is 9.82. The number of nitrogens with zero attached hydrogens (tertiary/aromatic N) is 2. The van der Waals surface area contributed by atoms with Gasteiger partial charge in [0.2, 0.25) is 0 Å². The predicted octanol–water partition coefficient (Wildman–Crippen LogP) is 2.60. The summed E-state index contributed by atoms with van der Waals surface area (Å²) in [6, 6.07) is 5.75. The monoisotopic (exact) mass is 334 g/mol. The van der Waals surface area contributed by atoms with Crippen LogP contribution < -0.4 is 9.47 Å². The molecule has 0 aliphatic carbocycles. The molecule has 0 saturated carbocycles. The average molecular weight is 334 g/mol. The first kappa shape index (κ1) is 16.2. The van der Waals surface area contributed by atoms with Crippen molar-refractivity contribution in [2.75, 3.05) is 20.3 Å². The summed E-state index contributed by atoms with van der Waals surface area (Å²) < 4.78 is 20.7. The van der Waals surface area contributed by atoms with E-state index in [1.165, 1.54) is 11.5 Å². The van der Waals surface area contributed by atoms with Gasteiger partial charge in [-0.1, -0.05) is 6.92 Å². The molecule has 1 aromatic carbocycles. The summed E-state index contributed by atoms with van der Waals surface area (Å²) in [5, 5.41) is 10.3. The van der Waals surface area contributed by atoms with Crippen LogP contribution in [0.15, 0.2) is 18.2 Å². The van der Waals surface area contributed by atoms with Gasteiger partial charge in [-0.25, -0.2) is 4.98 Å². The van der Waals surface area contributed by atoms with Gasteiger partial charge in [0.05, 0.1) is 13.7 Å². The standard InChI is InChI=1S/C15H19BN2O4S/c1-3-6-21-13-7-10(4-5-12(13)20-2)15-17-14(18-23-15)11-8-16(19)22-9-11/h4-5,7,11,19H,3,6,8-9H2,1-2H3/t11-/m1/s1. The lowest BCUT2D eigenvalue weighted by molar-refractivity contribution is 0.290. The highest BCUT2D eigenvalue weighted by Gasteiger charge is 2.32. The number of hydrogen-bond acceptors (Lipinski definition) is 7. The summed E-state index contributed by atoms with van der Waals surface area (Å²) in [6.07, 6.45) is 1.48. The number of methoxy groups -OCH3 is 1. The maximum atomic E-state index is 9.46. The van der Waals surface area contributed by atoms with Crippen molar-refractivity contribution < 1.29 is 19.2 Å². The number of benzene rings is 1. The summed E-state index contributed by atoms with van der Waals surface area (Å²) in [5.74, 6) is 2.21. The Hall–Kier alpha value is -1.64. The zero-order chi connectivity index (χ0) is 16.2. The summed E-state index contributed by atoms with van der Waals surface area (Å²) in [5.41, 5.74) is 0.945. The molecule has 2 heterocycles. The van der Waals surface area contributed by atoms with Crippen molar-refractivity contribution in [2.24, 2.45) is 0 Å². The van der Waals surface area contributed by atoms with Crippen LogP contribution in [0.4, 0.5) is 0 Å². The molecule has 1 saturated heterocycles. The third kappa shape index (κ3) is 3.65. The van der Waals surface area contributed by atoms with Gasteiger partial charge in [-0.2, -0.15) is 4.37 Å². The van der Waals surface area contributed by atoms with Crippen molar-refractivity contribution in [3.63, 3.8) is 0 Å². The largest absolute Gasteiger partial charge is 0.493 e. The Morgan fingerprint density at radius 1 is 1.43 bits per heavy atom. The zero-order valence-corrected chi connectivity index (χ0v) is 14.0. The molecule has 0 bridgehead atoms. The predicted molar refractivity (Wildman–Crippen MR) is 89.2 cm³/mol. The van der Waals surface area contributed by atoms with Gasteiger partial charge in [0.25, 0.3) is 0 Å². The van der Waals surface area contributed by atoms with Gasteiger partial charge in [-0.15, -0.1) is 0 Å². The maximum Gasteiger partial charge on any atom is 0.454 e. The van der Waals surface area contributed by atoms with Crippen molar-refractivity contribution in [2.45, 2.75) is 25.6 Å². The maximum absolute atomic E-state index is 9.46. The van der Waals surface area contributed by atoms with Crippen LogP contribution in [0.25, 0.3) is 10.6 Å². The van der Waals surface area contributed by atoms with Crippen molar-refractivity contribution in [1.82, 2.24) is 9.36 Å². The number of aromatic nitrogens is 2. The van der Waals surface area contributed by atoms with Crippen LogP contribution in [-0.2, 0) is 4.65 Å². The number of ether oxygens (including phenoxy) is 2. The van der Waals surface area contributed by atoms with Crippen molar-refractivity contribution in [3.8, 4) is 22.1 Å². The van der Waals surface area contributed by atoms with Crippen LogP contribution in [0, 0.1) is 0 Å². The van der Waals surface area contributed by atoms with Gasteiger partial charge in [0.15, 0.2) is 11.5 Å². The highest BCUT2D eigenvalue weighted by molar-refractivity contribution is 7.09. The molecular weight excluding hydrogens is 315 g/mol. The van der Waals surface area contributed by atoms with E-state index in [0.717, 1.165) is 22.8 Å². The van der Waals surface area contributed by atoms with Crippen LogP contribution in [0.5, 0.6) is 11.5 Å². The molecule has 3 rings (SSSR count). The summed E-state index contributed by atoms with van der Waals surface area (Å²) in [6.45, 7) is 3.16. The average Bonchev–Trinajstić information content (AvgIpc) is 3.21. The molecule has 23 heavy (non-hydrogen) atoms. The third-order valence-electron chi connectivity index (χ3n) is 3.66. The van der Waals surface area contributed by atoms with Crippen LogP contribution >= 0.6 is 11.5 Å². The fourth-order valence-corrected chi connectivity index (χ4v) is 3.18. The molecule has 0 amide bonds. The zero-order valence-electron chi connectivity index (χ0n) is 13.2. The Bertz CT molecular complexity index is 667. The van der Waals surface area contributed by atoms with Crippen LogP contribution in [-0.4, -0.2) is 41.8 Å². The molecular formula is C15H19BN2O4S. The molecule has 6 nitrogen and oxygen atoms in total. The molecule has 0 spiro atoms. The Balaban J connectivity index is 1.82. The minimum Gasteiger partial charge on any atom is -0.493 e. The molecule has 1 N–H and O–H groups in total. The molecule has 1 aromatic heterocycles. The third-order valence-corrected chi connectivity index (χ3v) is 4.43. The van der Waals surface area contributed by atoms with Gasteiger partial charge in [-0.05, 0) is 42.5 Å². The van der Waals surface area contributed by atoms with Crippen molar-refractivity contribution >= 4 is 18.7 Å². The van der Waals surface area contributed by atoms with Crippen LogP contribution in [0.3, 0.4) is 0 Å². The minimum absolute atomic E-state index is 0.0593. The second kappa shape index (κ2) is 7.29. The Morgan fingerprint density at radius 3 is 3.00 bits per heavy atom. The van der Waals surface area contributed by atoms with Crippen LogP contribution in [0.2, 0.25) is 6.32 Å². The molecule has 0 unspecified atom stereocenters. The normalized spacial score (nSPS) is 17.5. The SMILES string of the molecule is CCCOc1cc(-c2nc([C@H]3COB(O)C3)ns2)ccc1OC. The first-order valence-corrected chi connectivity index (χ1v) is 8.43. The fraction of sp³-hybridized carbons (Fsp3) is 0.467. The van der Waals surface area contributed by atoms with E-state index in [1.807, 2.05) is 18.2 Å². The first-order chi connectivity index (χ1) is 11.2. The highest BCUT2D eigenvalue weighted by atomic mass is 32.1. The van der Waals surface area contributed by atoms with E-state index in [1.54, 1.807) is 7.11 Å². The molecule has 2 aromatic rings. The summed E-state index contributed by atoms with van der Waals surface area (Å²) in [4.78, 5) is 4.59. The summed E-state index contributed by atoms with van der Waals surface area (Å²) >= 11 is 1.34. The molecule has 0 radical (unpaired) electrons. The van der Waals surface area contributed by atoms with Gasteiger partial charge in [0.1, 0.15) is 10.8 Å². The van der Waals surface area contributed by atoms with E-state index in [9.17, 15) is 5.02 Å². The minimum atomic E-state index is -0.706. The van der Waals surface area contributed by atoms with E-state index < -0.39 is 7.12 Å². The molecule has 1 fully saturated rings. The number of hydrogen-bond donors (Lipinski definition) is 1. The van der Waals surface area contributed by atoms with E-state index in [2.05, 4.69) is 16.3 Å². The van der Waals surface area contributed by atoms with E-state index in [-0.39, 0.29) is 5.92 Å². The van der Waals surface area contributed by atoms with E-state index >= 15 is 0 Å². The second-order valence-electron chi connectivity index (χ2n) is 5.39. The van der Waals surface area contributed by atoms with Gasteiger partial charge in [-0.3, -0.25) is 0 Å². The molecule has 8 heteroatoms. The van der Waals surface area contributed by atoms with Crippen molar-refractivity contribution in [1.29, 1.82) is 0 Å². The fourth-order valence-electron chi connectivity index (χ4n) is 2.44. The summed E-state index contributed by atoms with van der Waals surface area (Å²) in [7, 11) is 0.921. The second-order valence-corrected chi connectivity index (χ2v) is 6.14. The van der Waals surface area contributed by atoms with Crippen molar-refractivity contribution in [3.05, 3.63) is 24.0 Å². The quantitative estimate of drug-likeness (QED) is 0.819. The lowest BCUT2D eigenvalue weighted by Gasteiger charge is -2.10. The van der Waals surface area contributed by atoms with E-state index in [0.29, 0.717) is 31.0 Å². The van der Waals surface area contributed by atoms with Gasteiger partial charge in [0, 0.05) is 18.1 Å². The smallest absolute Gasteiger partial charge is 0.454 e. The molecule has 1 atom stereocenters.